The number of benzene rings is 1. The SMILES string of the molecule is C=C1CCC[C@]2(C)C[C@H]3OC(=O)[C@H](CN(C)C[C@H](O)c4ccc(O)cc4)[C@@H]3C[C@@H]12. The summed E-state index contributed by atoms with van der Waals surface area (Å²) in [7, 11) is 1.94. The number of fused-ring (bicyclic) bond motifs is 2. The first-order valence-electron chi connectivity index (χ1n) is 10.8. The Kier molecular flexibility index (Phi) is 5.47. The van der Waals surface area contributed by atoms with Gasteiger partial charge < -0.3 is 19.8 Å². The number of phenolic OH excluding ortho intramolecular Hbond substituents is 1. The van der Waals surface area contributed by atoms with Gasteiger partial charge in [-0.1, -0.05) is 31.2 Å². The second-order valence-electron chi connectivity index (χ2n) is 9.73. The summed E-state index contributed by atoms with van der Waals surface area (Å²) in [4.78, 5) is 14.7. The third-order valence-corrected chi connectivity index (χ3v) is 7.59. The van der Waals surface area contributed by atoms with Crippen molar-refractivity contribution in [2.45, 2.75) is 51.2 Å². The quantitative estimate of drug-likeness (QED) is 0.584. The molecule has 0 unspecified atom stereocenters. The van der Waals surface area contributed by atoms with Gasteiger partial charge in [0, 0.05) is 19.0 Å². The highest BCUT2D eigenvalue weighted by Crippen LogP contribution is 2.56. The third-order valence-electron chi connectivity index (χ3n) is 7.59. The topological polar surface area (TPSA) is 70.0 Å². The molecule has 29 heavy (non-hydrogen) atoms. The van der Waals surface area contributed by atoms with E-state index in [-0.39, 0.29) is 35.1 Å². The van der Waals surface area contributed by atoms with Crippen molar-refractivity contribution < 1.29 is 19.7 Å². The van der Waals surface area contributed by atoms with Crippen molar-refractivity contribution in [3.63, 3.8) is 0 Å². The first-order valence-corrected chi connectivity index (χ1v) is 10.8. The molecule has 1 aromatic carbocycles. The minimum Gasteiger partial charge on any atom is -0.508 e. The van der Waals surface area contributed by atoms with Gasteiger partial charge in [-0.25, -0.2) is 0 Å². The molecular weight excluding hydrogens is 366 g/mol. The van der Waals surface area contributed by atoms with E-state index < -0.39 is 6.10 Å². The van der Waals surface area contributed by atoms with Crippen LogP contribution in [0.4, 0.5) is 0 Å². The molecule has 1 aromatic rings. The predicted molar refractivity (Wildman–Crippen MR) is 111 cm³/mol. The molecule has 2 saturated carbocycles. The molecule has 0 spiro atoms. The molecule has 0 bridgehead atoms. The minimum absolute atomic E-state index is 0.0232. The number of hydrogen-bond acceptors (Lipinski definition) is 5. The second-order valence-corrected chi connectivity index (χ2v) is 9.73. The molecule has 5 heteroatoms. The summed E-state index contributed by atoms with van der Waals surface area (Å²) in [6, 6.07) is 6.61. The Bertz CT molecular complexity index is 776. The molecule has 2 N–H and O–H groups in total. The molecule has 2 aliphatic carbocycles. The van der Waals surface area contributed by atoms with Crippen molar-refractivity contribution in [3.05, 3.63) is 42.0 Å². The van der Waals surface area contributed by atoms with Gasteiger partial charge in [-0.15, -0.1) is 0 Å². The monoisotopic (exact) mass is 399 g/mol. The number of esters is 1. The van der Waals surface area contributed by atoms with Crippen LogP contribution in [0.1, 0.15) is 50.7 Å². The number of allylic oxidation sites excluding steroid dienone is 1. The van der Waals surface area contributed by atoms with Gasteiger partial charge in [-0.05, 0) is 68.2 Å². The van der Waals surface area contributed by atoms with Crippen LogP contribution >= 0.6 is 0 Å². The summed E-state index contributed by atoms with van der Waals surface area (Å²) in [6.45, 7) is 7.72. The molecule has 1 heterocycles. The number of carbonyl (C=O) groups excluding carboxylic acids is 1. The Balaban J connectivity index is 1.41. The molecule has 3 fully saturated rings. The van der Waals surface area contributed by atoms with Crippen LogP contribution in [-0.4, -0.2) is 47.3 Å². The number of ether oxygens (including phenoxy) is 1. The number of likely N-dealkylation sites (N-methyl/N-ethyl adjacent to an activating group) is 1. The minimum atomic E-state index is -0.665. The summed E-state index contributed by atoms with van der Waals surface area (Å²) in [6.07, 6.45) is 4.79. The fraction of sp³-hybridized carbons (Fsp3) is 0.625. The van der Waals surface area contributed by atoms with E-state index in [1.54, 1.807) is 24.3 Å². The molecular formula is C24H33NO4. The summed E-state index contributed by atoms with van der Waals surface area (Å²) in [5.74, 6) is 0.684. The van der Waals surface area contributed by atoms with Crippen molar-refractivity contribution in [1.82, 2.24) is 4.90 Å². The van der Waals surface area contributed by atoms with E-state index in [9.17, 15) is 15.0 Å². The maximum atomic E-state index is 12.7. The molecule has 0 aromatic heterocycles. The third kappa shape index (κ3) is 3.95. The number of hydrogen-bond donors (Lipinski definition) is 2. The zero-order valence-corrected chi connectivity index (χ0v) is 17.5. The van der Waals surface area contributed by atoms with Crippen LogP contribution in [0.5, 0.6) is 5.75 Å². The largest absolute Gasteiger partial charge is 0.508 e. The summed E-state index contributed by atoms with van der Waals surface area (Å²) >= 11 is 0. The normalized spacial score (nSPS) is 35.2. The van der Waals surface area contributed by atoms with Crippen LogP contribution in [0.25, 0.3) is 0 Å². The number of carbonyl (C=O) groups is 1. The van der Waals surface area contributed by atoms with Gasteiger partial charge >= 0.3 is 5.97 Å². The maximum absolute atomic E-state index is 12.7. The number of aliphatic hydroxyl groups is 1. The van der Waals surface area contributed by atoms with Crippen LogP contribution in [0.3, 0.4) is 0 Å². The molecule has 1 aliphatic heterocycles. The Hall–Kier alpha value is -1.85. The average Bonchev–Trinajstić information content (AvgIpc) is 2.94. The van der Waals surface area contributed by atoms with E-state index in [0.717, 1.165) is 24.8 Å². The van der Waals surface area contributed by atoms with Crippen LogP contribution in [0, 0.1) is 23.2 Å². The standard InChI is InChI=1S/C24H33NO4/c1-15-5-4-10-24(2)12-22-18(11-20(15)24)19(23(28)29-22)13-25(3)14-21(27)16-6-8-17(26)9-7-16/h6-9,18-22,26-27H,1,4-5,10-14H2,2-3H3/t18-,19+,20-,21-,22+,24+/m0/s1. The highest BCUT2D eigenvalue weighted by Gasteiger charge is 2.55. The fourth-order valence-electron chi connectivity index (χ4n) is 5.97. The molecule has 3 aliphatic rings. The van der Waals surface area contributed by atoms with Crippen molar-refractivity contribution in [1.29, 1.82) is 0 Å². The van der Waals surface area contributed by atoms with Gasteiger partial charge in [0.15, 0.2) is 0 Å². The van der Waals surface area contributed by atoms with Gasteiger partial charge in [0.05, 0.1) is 12.0 Å². The maximum Gasteiger partial charge on any atom is 0.310 e. The van der Waals surface area contributed by atoms with Crippen LogP contribution in [0.2, 0.25) is 0 Å². The zero-order valence-electron chi connectivity index (χ0n) is 17.5. The van der Waals surface area contributed by atoms with Gasteiger partial charge in [0.25, 0.3) is 0 Å². The van der Waals surface area contributed by atoms with E-state index in [4.69, 9.17) is 4.74 Å². The lowest BCUT2D eigenvalue weighted by Gasteiger charge is -2.50. The average molecular weight is 400 g/mol. The lowest BCUT2D eigenvalue weighted by atomic mass is 9.55. The molecule has 0 radical (unpaired) electrons. The Morgan fingerprint density at radius 3 is 2.79 bits per heavy atom. The van der Waals surface area contributed by atoms with Crippen molar-refractivity contribution in [3.8, 4) is 5.75 Å². The van der Waals surface area contributed by atoms with Crippen LogP contribution in [-0.2, 0) is 9.53 Å². The van der Waals surface area contributed by atoms with Gasteiger partial charge in [0.1, 0.15) is 11.9 Å². The fourth-order valence-corrected chi connectivity index (χ4v) is 5.97. The molecule has 158 valence electrons. The zero-order chi connectivity index (χ0) is 20.8. The molecule has 4 rings (SSSR count). The Morgan fingerprint density at radius 1 is 1.34 bits per heavy atom. The number of nitrogens with zero attached hydrogens (tertiary/aromatic N) is 1. The second kappa shape index (κ2) is 7.77. The highest BCUT2D eigenvalue weighted by molar-refractivity contribution is 5.75. The van der Waals surface area contributed by atoms with Crippen molar-refractivity contribution in [2.75, 3.05) is 20.1 Å². The smallest absolute Gasteiger partial charge is 0.310 e. The van der Waals surface area contributed by atoms with E-state index in [2.05, 4.69) is 13.5 Å². The van der Waals surface area contributed by atoms with E-state index in [1.807, 2.05) is 11.9 Å². The molecule has 0 amide bonds. The highest BCUT2D eigenvalue weighted by atomic mass is 16.6. The molecule has 6 atom stereocenters. The van der Waals surface area contributed by atoms with Crippen molar-refractivity contribution in [2.24, 2.45) is 23.2 Å². The lowest BCUT2D eigenvalue weighted by molar-refractivity contribution is -0.146. The van der Waals surface area contributed by atoms with E-state index in [1.165, 1.54) is 18.4 Å². The molecule has 1 saturated heterocycles. The number of phenols is 1. The summed E-state index contributed by atoms with van der Waals surface area (Å²) in [5.41, 5.74) is 2.33. The van der Waals surface area contributed by atoms with E-state index >= 15 is 0 Å². The lowest BCUT2D eigenvalue weighted by Crippen LogP contribution is -2.45. The number of aromatic hydroxyl groups is 1. The van der Waals surface area contributed by atoms with E-state index in [0.29, 0.717) is 19.0 Å². The molecule has 5 nitrogen and oxygen atoms in total. The first-order chi connectivity index (χ1) is 13.8. The Morgan fingerprint density at radius 2 is 2.07 bits per heavy atom. The van der Waals surface area contributed by atoms with Gasteiger partial charge in [-0.3, -0.25) is 4.79 Å². The van der Waals surface area contributed by atoms with Crippen LogP contribution < -0.4 is 0 Å². The summed E-state index contributed by atoms with van der Waals surface area (Å²) < 4.78 is 5.85. The first kappa shape index (κ1) is 20.4. The number of rotatable bonds is 5. The van der Waals surface area contributed by atoms with Gasteiger partial charge in [-0.2, -0.15) is 0 Å². The number of aliphatic hydroxyl groups excluding tert-OH is 1. The van der Waals surface area contributed by atoms with Crippen LogP contribution in [0.15, 0.2) is 36.4 Å². The van der Waals surface area contributed by atoms with Gasteiger partial charge in [0.2, 0.25) is 0 Å². The Labute approximate surface area is 173 Å². The predicted octanol–water partition coefficient (Wildman–Crippen LogP) is 3.67. The van der Waals surface area contributed by atoms with Crippen molar-refractivity contribution >= 4 is 5.97 Å². The summed E-state index contributed by atoms with van der Waals surface area (Å²) in [5, 5.41) is 19.9.